The van der Waals surface area contributed by atoms with Crippen molar-refractivity contribution in [1.82, 2.24) is 5.32 Å². The van der Waals surface area contributed by atoms with Gasteiger partial charge < -0.3 is 11.1 Å². The maximum absolute atomic E-state index is 10.9. The Morgan fingerprint density at radius 2 is 1.92 bits per heavy atom. The van der Waals surface area contributed by atoms with E-state index < -0.39 is 0 Å². The normalized spacial score (nSPS) is 12.1. The number of halogens is 1. The molecular weight excluding hydrogens is 176 g/mol. The quantitative estimate of drug-likeness (QED) is 0.700. The minimum absolute atomic E-state index is 0. The molecule has 0 saturated heterocycles. The molecule has 3 N–H and O–H groups in total. The molecule has 12 heavy (non-hydrogen) atoms. The van der Waals surface area contributed by atoms with Gasteiger partial charge in [0.1, 0.15) is 0 Å². The summed E-state index contributed by atoms with van der Waals surface area (Å²) < 4.78 is 0. The first-order valence-corrected chi connectivity index (χ1v) is 4.07. The molecule has 1 amide bonds. The lowest BCUT2D eigenvalue weighted by Crippen LogP contribution is -2.38. The molecule has 3 nitrogen and oxygen atoms in total. The molecule has 0 unspecified atom stereocenters. The Hall–Kier alpha value is -0.280. The van der Waals surface area contributed by atoms with Crippen LogP contribution in [0.2, 0.25) is 0 Å². The first-order chi connectivity index (χ1) is 5.04. The van der Waals surface area contributed by atoms with E-state index >= 15 is 0 Å². The van der Waals surface area contributed by atoms with Gasteiger partial charge in [0.2, 0.25) is 5.91 Å². The molecule has 0 aromatic rings. The molecule has 0 aromatic heterocycles. The highest BCUT2D eigenvalue weighted by Gasteiger charge is 2.05. The van der Waals surface area contributed by atoms with E-state index in [1.807, 2.05) is 0 Å². The summed E-state index contributed by atoms with van der Waals surface area (Å²) in [5.41, 5.74) is 5.34. The van der Waals surface area contributed by atoms with Crippen molar-refractivity contribution in [3.63, 3.8) is 0 Å². The zero-order chi connectivity index (χ0) is 8.85. The Morgan fingerprint density at radius 1 is 1.42 bits per heavy atom. The average Bonchev–Trinajstić information content (AvgIpc) is 1.86. The van der Waals surface area contributed by atoms with Crippen molar-refractivity contribution in [2.75, 3.05) is 6.54 Å². The van der Waals surface area contributed by atoms with E-state index in [1.165, 1.54) is 0 Å². The van der Waals surface area contributed by atoms with E-state index in [9.17, 15) is 4.79 Å². The van der Waals surface area contributed by atoms with Crippen LogP contribution in [0.25, 0.3) is 0 Å². The summed E-state index contributed by atoms with van der Waals surface area (Å²) in [5.74, 6) is 0.564. The van der Waals surface area contributed by atoms with Gasteiger partial charge in [0.05, 0.1) is 6.04 Å². The van der Waals surface area contributed by atoms with Crippen molar-refractivity contribution in [3.05, 3.63) is 0 Å². The van der Waals surface area contributed by atoms with Crippen LogP contribution >= 0.6 is 12.4 Å². The van der Waals surface area contributed by atoms with E-state index in [4.69, 9.17) is 5.73 Å². The molecule has 1 atom stereocenters. The van der Waals surface area contributed by atoms with Gasteiger partial charge in [-0.2, -0.15) is 0 Å². The second kappa shape index (κ2) is 7.37. The summed E-state index contributed by atoms with van der Waals surface area (Å²) in [5, 5.41) is 2.75. The third kappa shape index (κ3) is 7.82. The van der Waals surface area contributed by atoms with Gasteiger partial charge in [-0.1, -0.05) is 13.8 Å². The third-order valence-electron chi connectivity index (χ3n) is 1.43. The molecule has 0 bridgehead atoms. The van der Waals surface area contributed by atoms with Gasteiger partial charge in [0.15, 0.2) is 0 Å². The topological polar surface area (TPSA) is 55.1 Å². The van der Waals surface area contributed by atoms with Crippen molar-refractivity contribution in [3.8, 4) is 0 Å². The monoisotopic (exact) mass is 194 g/mol. The number of carbonyl (C=O) groups is 1. The second-order valence-electron chi connectivity index (χ2n) is 3.26. The minimum atomic E-state index is -0.387. The molecule has 0 saturated carbocycles. The van der Waals surface area contributed by atoms with Crippen LogP contribution in [-0.2, 0) is 4.79 Å². The van der Waals surface area contributed by atoms with Gasteiger partial charge in [0.25, 0.3) is 0 Å². The Kier molecular flexibility index (Phi) is 8.76. The van der Waals surface area contributed by atoms with Crippen molar-refractivity contribution < 1.29 is 4.79 Å². The molecule has 0 fully saturated rings. The third-order valence-corrected chi connectivity index (χ3v) is 1.43. The predicted octanol–water partition coefficient (Wildman–Crippen LogP) is 0.918. The molecule has 0 aliphatic carbocycles. The molecule has 4 heteroatoms. The summed E-state index contributed by atoms with van der Waals surface area (Å²) in [6.45, 7) is 6.67. The highest BCUT2D eigenvalue weighted by atomic mass is 35.5. The van der Waals surface area contributed by atoms with E-state index in [2.05, 4.69) is 19.2 Å². The Balaban J connectivity index is 0. The van der Waals surface area contributed by atoms with E-state index in [0.29, 0.717) is 5.92 Å². The number of nitrogens with two attached hydrogens (primary N) is 1. The predicted molar refractivity (Wildman–Crippen MR) is 53.4 cm³/mol. The van der Waals surface area contributed by atoms with Crippen LogP contribution in [0.1, 0.15) is 27.2 Å². The molecule has 0 aromatic carbocycles. The zero-order valence-electron chi connectivity index (χ0n) is 7.96. The molecule has 0 spiro atoms. The average molecular weight is 195 g/mol. The van der Waals surface area contributed by atoms with Crippen LogP contribution in [0, 0.1) is 5.92 Å². The lowest BCUT2D eigenvalue weighted by Gasteiger charge is -2.08. The maximum Gasteiger partial charge on any atom is 0.236 e. The summed E-state index contributed by atoms with van der Waals surface area (Å²) in [6.07, 6.45) is 1.01. The molecule has 0 aliphatic heterocycles. The van der Waals surface area contributed by atoms with Crippen LogP contribution in [0.15, 0.2) is 0 Å². The van der Waals surface area contributed by atoms with Crippen LogP contribution < -0.4 is 11.1 Å². The largest absolute Gasteiger partial charge is 0.355 e. The van der Waals surface area contributed by atoms with Crippen molar-refractivity contribution >= 4 is 18.3 Å². The Labute approximate surface area is 80.5 Å². The van der Waals surface area contributed by atoms with Gasteiger partial charge in [-0.05, 0) is 19.3 Å². The molecule has 0 rings (SSSR count). The standard InChI is InChI=1S/C8H18N2O.ClH/c1-6(2)4-5-10-8(11)7(3)9;/h6-7H,4-5,9H2,1-3H3,(H,10,11);1H/t7-;/m0./s1. The summed E-state index contributed by atoms with van der Waals surface area (Å²) in [4.78, 5) is 10.9. The maximum atomic E-state index is 10.9. The molecule has 0 radical (unpaired) electrons. The van der Waals surface area contributed by atoms with Crippen LogP contribution in [0.5, 0.6) is 0 Å². The van der Waals surface area contributed by atoms with Gasteiger partial charge in [-0.15, -0.1) is 12.4 Å². The minimum Gasteiger partial charge on any atom is -0.355 e. The van der Waals surface area contributed by atoms with Gasteiger partial charge in [-0.3, -0.25) is 4.79 Å². The number of hydrogen-bond acceptors (Lipinski definition) is 2. The molecular formula is C8H19ClN2O. The summed E-state index contributed by atoms with van der Waals surface area (Å²) in [6, 6.07) is -0.387. The smallest absolute Gasteiger partial charge is 0.236 e. The van der Waals surface area contributed by atoms with Gasteiger partial charge in [0, 0.05) is 6.54 Å². The van der Waals surface area contributed by atoms with Crippen LogP contribution in [0.3, 0.4) is 0 Å². The van der Waals surface area contributed by atoms with Gasteiger partial charge >= 0.3 is 0 Å². The number of nitrogens with one attached hydrogen (secondary N) is 1. The van der Waals surface area contributed by atoms with Crippen molar-refractivity contribution in [2.24, 2.45) is 11.7 Å². The number of amides is 1. The first kappa shape index (κ1) is 14.3. The van der Waals surface area contributed by atoms with Crippen LogP contribution in [0.4, 0.5) is 0 Å². The molecule has 74 valence electrons. The second-order valence-corrected chi connectivity index (χ2v) is 3.26. The number of hydrogen-bond donors (Lipinski definition) is 2. The highest BCUT2D eigenvalue weighted by molar-refractivity contribution is 5.85. The number of carbonyl (C=O) groups excluding carboxylic acids is 1. The summed E-state index contributed by atoms with van der Waals surface area (Å²) >= 11 is 0. The lowest BCUT2D eigenvalue weighted by atomic mass is 10.1. The SMILES string of the molecule is CC(C)CCNC(=O)[C@H](C)N.Cl. The Morgan fingerprint density at radius 3 is 2.25 bits per heavy atom. The van der Waals surface area contributed by atoms with Crippen molar-refractivity contribution in [2.45, 2.75) is 33.2 Å². The van der Waals surface area contributed by atoms with E-state index in [-0.39, 0.29) is 24.4 Å². The number of rotatable bonds is 4. The first-order valence-electron chi connectivity index (χ1n) is 4.07. The highest BCUT2D eigenvalue weighted by Crippen LogP contribution is 1.96. The fourth-order valence-corrected chi connectivity index (χ4v) is 0.645. The van der Waals surface area contributed by atoms with E-state index in [0.717, 1.165) is 13.0 Å². The molecule has 0 aliphatic rings. The lowest BCUT2D eigenvalue weighted by molar-refractivity contribution is -0.122. The molecule has 0 heterocycles. The van der Waals surface area contributed by atoms with Crippen molar-refractivity contribution in [1.29, 1.82) is 0 Å². The van der Waals surface area contributed by atoms with E-state index in [1.54, 1.807) is 6.92 Å². The summed E-state index contributed by atoms with van der Waals surface area (Å²) in [7, 11) is 0. The fraction of sp³-hybridized carbons (Fsp3) is 0.875. The van der Waals surface area contributed by atoms with Gasteiger partial charge in [-0.25, -0.2) is 0 Å². The fourth-order valence-electron chi connectivity index (χ4n) is 0.645. The van der Waals surface area contributed by atoms with Crippen LogP contribution in [-0.4, -0.2) is 18.5 Å². The zero-order valence-corrected chi connectivity index (χ0v) is 8.78. The Bertz CT molecular complexity index is 126.